The summed E-state index contributed by atoms with van der Waals surface area (Å²) in [4.78, 5) is 17.5. The average Bonchev–Trinajstić information content (AvgIpc) is 3.03. The molecule has 1 aromatic heterocycles. The van der Waals surface area contributed by atoms with Crippen LogP contribution in [0.25, 0.3) is 10.2 Å². The second kappa shape index (κ2) is 8.75. The van der Waals surface area contributed by atoms with Crippen molar-refractivity contribution >= 4 is 27.5 Å². The van der Waals surface area contributed by atoms with Gasteiger partial charge >= 0.3 is 0 Å². The molecule has 0 aliphatic carbocycles. The predicted molar refractivity (Wildman–Crippen MR) is 110 cm³/mol. The summed E-state index contributed by atoms with van der Waals surface area (Å²) in [6.07, 6.45) is 1.97. The summed E-state index contributed by atoms with van der Waals surface area (Å²) < 4.78 is 18.9. The quantitative estimate of drug-likeness (QED) is 0.571. The highest BCUT2D eigenvalue weighted by molar-refractivity contribution is 7.16. The van der Waals surface area contributed by atoms with Crippen LogP contribution in [0.4, 0.5) is 0 Å². The maximum absolute atomic E-state index is 12.6. The molecule has 0 saturated heterocycles. The molecule has 0 aliphatic rings. The number of fused-ring (bicyclic) bond motifs is 1. The van der Waals surface area contributed by atoms with E-state index in [1.54, 1.807) is 27.4 Å². The van der Waals surface area contributed by atoms with Crippen molar-refractivity contribution in [3.05, 3.63) is 59.4 Å². The Bertz CT molecular complexity index is 1080. The number of thiazole rings is 1. The molecule has 0 aliphatic heterocycles. The van der Waals surface area contributed by atoms with Gasteiger partial charge in [-0.2, -0.15) is 4.99 Å². The lowest BCUT2D eigenvalue weighted by Gasteiger charge is -2.08. The van der Waals surface area contributed by atoms with Gasteiger partial charge in [0.05, 0.1) is 38.0 Å². The molecule has 0 fully saturated rings. The Morgan fingerprint density at radius 3 is 2.57 bits per heavy atom. The Hall–Kier alpha value is -3.06. The Kier molecular flexibility index (Phi) is 6.16. The van der Waals surface area contributed by atoms with Gasteiger partial charge in [0.25, 0.3) is 5.91 Å². The van der Waals surface area contributed by atoms with Gasteiger partial charge in [-0.15, -0.1) is 6.58 Å². The van der Waals surface area contributed by atoms with Crippen LogP contribution in [-0.4, -0.2) is 31.8 Å². The fraction of sp³-hybridized carbons (Fsp3) is 0.238. The Balaban J connectivity index is 2.03. The van der Waals surface area contributed by atoms with Crippen LogP contribution in [0.2, 0.25) is 0 Å². The molecule has 0 N–H and O–H groups in total. The lowest BCUT2D eigenvalue weighted by atomic mass is 10.1. The van der Waals surface area contributed by atoms with E-state index in [0.717, 1.165) is 15.8 Å². The predicted octanol–water partition coefficient (Wildman–Crippen LogP) is 3.58. The summed E-state index contributed by atoms with van der Waals surface area (Å²) >= 11 is 1.43. The summed E-state index contributed by atoms with van der Waals surface area (Å²) in [7, 11) is 4.79. The van der Waals surface area contributed by atoms with Gasteiger partial charge < -0.3 is 18.8 Å². The smallest absolute Gasteiger partial charge is 0.252 e. The van der Waals surface area contributed by atoms with Gasteiger partial charge in [-0.3, -0.25) is 4.79 Å². The maximum atomic E-state index is 12.6. The van der Waals surface area contributed by atoms with Crippen LogP contribution < -0.4 is 19.0 Å². The molecule has 6 nitrogen and oxygen atoms in total. The van der Waals surface area contributed by atoms with Crippen LogP contribution in [0.5, 0.6) is 17.2 Å². The summed E-state index contributed by atoms with van der Waals surface area (Å²) in [6, 6.07) is 11.2. The van der Waals surface area contributed by atoms with E-state index < -0.39 is 0 Å². The van der Waals surface area contributed by atoms with E-state index in [2.05, 4.69) is 11.6 Å². The number of carbonyl (C=O) groups excluding carboxylic acids is 1. The van der Waals surface area contributed by atoms with Crippen LogP contribution in [0.15, 0.2) is 54.0 Å². The zero-order valence-electron chi connectivity index (χ0n) is 16.1. The normalized spacial score (nSPS) is 11.5. The van der Waals surface area contributed by atoms with Crippen LogP contribution >= 0.6 is 11.3 Å². The molecule has 0 saturated carbocycles. The summed E-state index contributed by atoms with van der Waals surface area (Å²) in [5.74, 6) is 1.75. The topological polar surface area (TPSA) is 62.1 Å². The maximum Gasteiger partial charge on any atom is 0.252 e. The molecule has 3 rings (SSSR count). The van der Waals surface area contributed by atoms with Gasteiger partial charge in [0.15, 0.2) is 16.3 Å². The van der Waals surface area contributed by atoms with E-state index in [1.807, 2.05) is 41.0 Å². The minimum absolute atomic E-state index is 0.201. The molecule has 7 heteroatoms. The average molecular weight is 398 g/mol. The molecule has 0 unspecified atom stereocenters. The zero-order valence-corrected chi connectivity index (χ0v) is 16.9. The zero-order chi connectivity index (χ0) is 20.1. The Labute approximate surface area is 167 Å². The largest absolute Gasteiger partial charge is 0.497 e. The lowest BCUT2D eigenvalue weighted by molar-refractivity contribution is -0.117. The third-order valence-electron chi connectivity index (χ3n) is 4.21. The first kappa shape index (κ1) is 19.7. The second-order valence-electron chi connectivity index (χ2n) is 5.99. The van der Waals surface area contributed by atoms with Crippen molar-refractivity contribution in [1.29, 1.82) is 0 Å². The van der Waals surface area contributed by atoms with Gasteiger partial charge in [0.1, 0.15) is 5.75 Å². The first-order valence-corrected chi connectivity index (χ1v) is 9.48. The standard InChI is InChI=1S/C21H22N2O4S/c1-5-9-23-16-12-17(26-3)18(27-4)13-19(16)28-21(23)22-20(24)11-14-7-6-8-15(10-14)25-2/h5-8,10,12-13H,1,9,11H2,2-4H3. The van der Waals surface area contributed by atoms with Crippen molar-refractivity contribution in [1.82, 2.24) is 4.57 Å². The van der Waals surface area contributed by atoms with Gasteiger partial charge in [-0.25, -0.2) is 0 Å². The summed E-state index contributed by atoms with van der Waals surface area (Å²) in [5.41, 5.74) is 1.77. The second-order valence-corrected chi connectivity index (χ2v) is 7.00. The van der Waals surface area contributed by atoms with E-state index in [0.29, 0.717) is 28.6 Å². The number of carbonyl (C=O) groups is 1. The number of methoxy groups -OCH3 is 3. The molecule has 146 valence electrons. The van der Waals surface area contributed by atoms with Crippen LogP contribution in [-0.2, 0) is 17.8 Å². The third kappa shape index (κ3) is 4.09. The lowest BCUT2D eigenvalue weighted by Crippen LogP contribution is -2.17. The molecular formula is C21H22N2O4S. The highest BCUT2D eigenvalue weighted by atomic mass is 32.1. The van der Waals surface area contributed by atoms with Crippen molar-refractivity contribution < 1.29 is 19.0 Å². The Morgan fingerprint density at radius 2 is 1.89 bits per heavy atom. The number of hydrogen-bond donors (Lipinski definition) is 0. The summed E-state index contributed by atoms with van der Waals surface area (Å²) in [6.45, 7) is 4.34. The first-order valence-electron chi connectivity index (χ1n) is 8.66. The van der Waals surface area contributed by atoms with Crippen molar-refractivity contribution in [2.24, 2.45) is 4.99 Å². The fourth-order valence-corrected chi connectivity index (χ4v) is 3.96. The highest BCUT2D eigenvalue weighted by Crippen LogP contribution is 2.33. The van der Waals surface area contributed by atoms with E-state index in [9.17, 15) is 4.79 Å². The van der Waals surface area contributed by atoms with E-state index in [1.165, 1.54) is 11.3 Å². The molecule has 28 heavy (non-hydrogen) atoms. The van der Waals surface area contributed by atoms with Crippen molar-refractivity contribution in [3.63, 3.8) is 0 Å². The minimum Gasteiger partial charge on any atom is -0.497 e. The highest BCUT2D eigenvalue weighted by Gasteiger charge is 2.13. The molecule has 1 amide bonds. The fourth-order valence-electron chi connectivity index (χ4n) is 2.89. The van der Waals surface area contributed by atoms with Crippen molar-refractivity contribution in [2.75, 3.05) is 21.3 Å². The van der Waals surface area contributed by atoms with E-state index in [4.69, 9.17) is 14.2 Å². The number of rotatable bonds is 7. The number of aromatic nitrogens is 1. The van der Waals surface area contributed by atoms with Gasteiger partial charge in [-0.05, 0) is 17.7 Å². The number of hydrogen-bond acceptors (Lipinski definition) is 5. The number of ether oxygens (including phenoxy) is 3. The number of amides is 1. The number of allylic oxidation sites excluding steroid dienone is 1. The van der Waals surface area contributed by atoms with Crippen LogP contribution in [0, 0.1) is 0 Å². The van der Waals surface area contributed by atoms with Crippen LogP contribution in [0.1, 0.15) is 5.56 Å². The monoisotopic (exact) mass is 398 g/mol. The Morgan fingerprint density at radius 1 is 1.14 bits per heavy atom. The molecule has 2 aromatic carbocycles. The molecule has 1 heterocycles. The van der Waals surface area contributed by atoms with E-state index in [-0.39, 0.29) is 12.3 Å². The molecule has 3 aromatic rings. The first-order chi connectivity index (χ1) is 13.6. The SMILES string of the molecule is C=CCn1c(=NC(=O)Cc2cccc(OC)c2)sc2cc(OC)c(OC)cc21. The van der Waals surface area contributed by atoms with Gasteiger partial charge in [-0.1, -0.05) is 29.5 Å². The van der Waals surface area contributed by atoms with E-state index >= 15 is 0 Å². The van der Waals surface area contributed by atoms with Crippen molar-refractivity contribution in [3.8, 4) is 17.2 Å². The summed E-state index contributed by atoms with van der Waals surface area (Å²) in [5, 5.41) is 0. The van der Waals surface area contributed by atoms with Crippen molar-refractivity contribution in [2.45, 2.75) is 13.0 Å². The minimum atomic E-state index is -0.225. The number of nitrogens with zero attached hydrogens (tertiary/aromatic N) is 2. The molecular weight excluding hydrogens is 376 g/mol. The molecule has 0 spiro atoms. The third-order valence-corrected chi connectivity index (χ3v) is 5.25. The number of benzene rings is 2. The van der Waals surface area contributed by atoms with Crippen LogP contribution in [0.3, 0.4) is 0 Å². The van der Waals surface area contributed by atoms with Gasteiger partial charge in [0.2, 0.25) is 0 Å². The molecule has 0 bridgehead atoms. The molecule has 0 radical (unpaired) electrons. The van der Waals surface area contributed by atoms with Gasteiger partial charge in [0, 0.05) is 18.7 Å². The molecule has 0 atom stereocenters.